The van der Waals surface area contributed by atoms with Gasteiger partial charge < -0.3 is 15.5 Å². The molecule has 2 N–H and O–H groups in total. The van der Waals surface area contributed by atoms with Crippen molar-refractivity contribution in [2.75, 3.05) is 29.1 Å². The molecule has 1 saturated carbocycles. The molecule has 3 rings (SSSR count). The summed E-state index contributed by atoms with van der Waals surface area (Å²) in [5.74, 6) is 0.589. The van der Waals surface area contributed by atoms with E-state index in [0.29, 0.717) is 11.9 Å². The summed E-state index contributed by atoms with van der Waals surface area (Å²) in [5.41, 5.74) is 1.91. The van der Waals surface area contributed by atoms with Gasteiger partial charge in [-0.25, -0.2) is 4.98 Å². The maximum atomic E-state index is 12.2. The second-order valence-corrected chi connectivity index (χ2v) is 6.52. The summed E-state index contributed by atoms with van der Waals surface area (Å²) in [6, 6.07) is 8.50. The molecule has 0 bridgehead atoms. The van der Waals surface area contributed by atoms with Gasteiger partial charge in [-0.15, -0.1) is 0 Å². The lowest BCUT2D eigenvalue weighted by Gasteiger charge is -2.24. The zero-order chi connectivity index (χ0) is 17.5. The highest BCUT2D eigenvalue weighted by atomic mass is 16.2. The van der Waals surface area contributed by atoms with Crippen LogP contribution in [-0.4, -0.2) is 35.5 Å². The quantitative estimate of drug-likeness (QED) is 0.845. The first-order valence-corrected chi connectivity index (χ1v) is 8.84. The number of carbonyl (C=O) groups excluding carboxylic acids is 1. The summed E-state index contributed by atoms with van der Waals surface area (Å²) in [6.07, 6.45) is 11.3. The molecular weight excluding hydrogens is 314 g/mol. The molecule has 0 saturated heterocycles. The van der Waals surface area contributed by atoms with E-state index in [9.17, 15) is 4.79 Å². The molecule has 0 radical (unpaired) electrons. The van der Waals surface area contributed by atoms with Crippen LogP contribution in [0.25, 0.3) is 0 Å². The lowest BCUT2D eigenvalue weighted by molar-refractivity contribution is -0.114. The largest absolute Gasteiger partial charge is 0.382 e. The van der Waals surface area contributed by atoms with Crippen LogP contribution in [0.3, 0.4) is 0 Å². The minimum atomic E-state index is -0.0823. The summed E-state index contributed by atoms with van der Waals surface area (Å²) in [4.78, 5) is 22.1. The van der Waals surface area contributed by atoms with Gasteiger partial charge in [-0.2, -0.15) is 0 Å². The minimum Gasteiger partial charge on any atom is -0.382 e. The van der Waals surface area contributed by atoms with Crippen molar-refractivity contribution >= 4 is 23.1 Å². The van der Waals surface area contributed by atoms with Crippen molar-refractivity contribution in [2.24, 2.45) is 0 Å². The molecule has 0 spiro atoms. The van der Waals surface area contributed by atoms with Gasteiger partial charge in [-0.3, -0.25) is 9.78 Å². The number of nitrogens with zero attached hydrogens (tertiary/aromatic N) is 3. The highest BCUT2D eigenvalue weighted by Crippen LogP contribution is 2.22. The van der Waals surface area contributed by atoms with Crippen molar-refractivity contribution in [1.82, 2.24) is 9.97 Å². The van der Waals surface area contributed by atoms with Crippen LogP contribution < -0.4 is 15.5 Å². The van der Waals surface area contributed by atoms with E-state index in [2.05, 4.69) is 20.6 Å². The Morgan fingerprint density at radius 3 is 2.52 bits per heavy atom. The van der Waals surface area contributed by atoms with Gasteiger partial charge in [0.15, 0.2) is 0 Å². The summed E-state index contributed by atoms with van der Waals surface area (Å²) >= 11 is 0. The molecule has 6 nitrogen and oxygen atoms in total. The second kappa shape index (κ2) is 8.46. The van der Waals surface area contributed by atoms with Crippen molar-refractivity contribution in [3.05, 3.63) is 42.9 Å². The fourth-order valence-corrected chi connectivity index (χ4v) is 3.12. The van der Waals surface area contributed by atoms with Crippen LogP contribution in [0.15, 0.2) is 42.9 Å². The predicted molar refractivity (Wildman–Crippen MR) is 101 cm³/mol. The number of rotatable bonds is 6. The zero-order valence-corrected chi connectivity index (χ0v) is 14.6. The Bertz CT molecular complexity index is 668. The highest BCUT2D eigenvalue weighted by Gasteiger charge is 2.13. The molecule has 132 valence electrons. The molecule has 1 amide bonds. The second-order valence-electron chi connectivity index (χ2n) is 6.52. The van der Waals surface area contributed by atoms with Crippen LogP contribution in [-0.2, 0) is 4.79 Å². The lowest BCUT2D eigenvalue weighted by atomic mass is 9.95. The molecule has 2 aromatic rings. The van der Waals surface area contributed by atoms with Crippen LogP contribution >= 0.6 is 0 Å². The third kappa shape index (κ3) is 5.17. The average Bonchev–Trinajstić information content (AvgIpc) is 2.65. The molecule has 1 heterocycles. The molecular formula is C19H25N5O. The van der Waals surface area contributed by atoms with Gasteiger partial charge in [0.25, 0.3) is 0 Å². The van der Waals surface area contributed by atoms with Crippen molar-refractivity contribution in [3.8, 4) is 0 Å². The molecule has 1 aromatic carbocycles. The van der Waals surface area contributed by atoms with Crippen molar-refractivity contribution < 1.29 is 4.79 Å². The lowest BCUT2D eigenvalue weighted by Crippen LogP contribution is -2.30. The van der Waals surface area contributed by atoms with Crippen LogP contribution in [0, 0.1) is 0 Å². The smallest absolute Gasteiger partial charge is 0.243 e. The molecule has 1 fully saturated rings. The van der Waals surface area contributed by atoms with Gasteiger partial charge in [-0.1, -0.05) is 19.3 Å². The van der Waals surface area contributed by atoms with Gasteiger partial charge in [0.2, 0.25) is 5.91 Å². The van der Waals surface area contributed by atoms with E-state index >= 15 is 0 Å². The highest BCUT2D eigenvalue weighted by molar-refractivity contribution is 5.94. The van der Waals surface area contributed by atoms with Crippen molar-refractivity contribution in [2.45, 2.75) is 38.1 Å². The molecule has 0 unspecified atom stereocenters. The van der Waals surface area contributed by atoms with Crippen molar-refractivity contribution in [1.29, 1.82) is 0 Å². The first-order chi connectivity index (χ1) is 12.2. The Balaban J connectivity index is 1.49. The van der Waals surface area contributed by atoms with Crippen molar-refractivity contribution in [3.63, 3.8) is 0 Å². The topological polar surface area (TPSA) is 70.2 Å². The van der Waals surface area contributed by atoms with Gasteiger partial charge in [-0.05, 0) is 37.1 Å². The molecule has 0 aliphatic heterocycles. The standard InChI is InChI=1S/C19H25N5O/c1-24(18-13-20-11-12-21-18)14-19(25)23-17-9-7-16(8-10-17)22-15-5-3-2-4-6-15/h7-13,15,22H,2-6,14H2,1H3,(H,23,25). The Labute approximate surface area is 148 Å². The van der Waals surface area contributed by atoms with E-state index < -0.39 is 0 Å². The van der Waals surface area contributed by atoms with E-state index in [4.69, 9.17) is 0 Å². The Hall–Kier alpha value is -2.63. The van der Waals surface area contributed by atoms with Gasteiger partial charge >= 0.3 is 0 Å². The minimum absolute atomic E-state index is 0.0823. The van der Waals surface area contributed by atoms with Gasteiger partial charge in [0.1, 0.15) is 5.82 Å². The van der Waals surface area contributed by atoms with Crippen LogP contribution in [0.5, 0.6) is 0 Å². The summed E-state index contributed by atoms with van der Waals surface area (Å²) in [7, 11) is 1.82. The van der Waals surface area contributed by atoms with E-state index in [1.54, 1.807) is 23.5 Å². The third-order valence-electron chi connectivity index (χ3n) is 4.47. The Morgan fingerprint density at radius 2 is 1.84 bits per heavy atom. The maximum absolute atomic E-state index is 12.2. The van der Waals surface area contributed by atoms with Crippen LogP contribution in [0.4, 0.5) is 17.2 Å². The number of aromatic nitrogens is 2. The van der Waals surface area contributed by atoms with Gasteiger partial charge in [0, 0.05) is 36.9 Å². The molecule has 25 heavy (non-hydrogen) atoms. The fraction of sp³-hybridized carbons (Fsp3) is 0.421. The van der Waals surface area contributed by atoms with Crippen LogP contribution in [0.1, 0.15) is 32.1 Å². The zero-order valence-electron chi connectivity index (χ0n) is 14.6. The SMILES string of the molecule is CN(CC(=O)Nc1ccc(NC2CCCCC2)cc1)c1cnccn1. The predicted octanol–water partition coefficient (Wildman–Crippen LogP) is 3.30. The first kappa shape index (κ1) is 17.2. The number of carbonyl (C=O) groups is 1. The first-order valence-electron chi connectivity index (χ1n) is 8.84. The third-order valence-corrected chi connectivity index (χ3v) is 4.47. The number of amides is 1. The molecule has 6 heteroatoms. The maximum Gasteiger partial charge on any atom is 0.243 e. The number of likely N-dealkylation sites (N-methyl/N-ethyl adjacent to an activating group) is 1. The summed E-state index contributed by atoms with van der Waals surface area (Å²) < 4.78 is 0. The molecule has 1 aliphatic carbocycles. The van der Waals surface area contributed by atoms with Gasteiger partial charge in [0.05, 0.1) is 12.7 Å². The normalized spacial score (nSPS) is 14.8. The molecule has 1 aliphatic rings. The number of hydrogen-bond acceptors (Lipinski definition) is 5. The number of hydrogen-bond donors (Lipinski definition) is 2. The Kier molecular flexibility index (Phi) is 5.82. The van der Waals surface area contributed by atoms with E-state index in [1.165, 1.54) is 32.1 Å². The average molecular weight is 339 g/mol. The van der Waals surface area contributed by atoms with E-state index in [1.807, 2.05) is 31.3 Å². The van der Waals surface area contributed by atoms with Crippen LogP contribution in [0.2, 0.25) is 0 Å². The molecule has 0 atom stereocenters. The Morgan fingerprint density at radius 1 is 1.12 bits per heavy atom. The monoisotopic (exact) mass is 339 g/mol. The fourth-order valence-electron chi connectivity index (χ4n) is 3.12. The van der Waals surface area contributed by atoms with E-state index in [-0.39, 0.29) is 12.5 Å². The summed E-state index contributed by atoms with van der Waals surface area (Å²) in [6.45, 7) is 0.223. The van der Waals surface area contributed by atoms with E-state index in [0.717, 1.165) is 11.4 Å². The summed E-state index contributed by atoms with van der Waals surface area (Å²) in [5, 5.41) is 6.50. The molecule has 1 aromatic heterocycles. The number of nitrogens with one attached hydrogen (secondary N) is 2. The number of benzene rings is 1. The number of anilines is 3.